The molecule has 0 radical (unpaired) electrons. The van der Waals surface area contributed by atoms with Gasteiger partial charge in [-0.05, 0) is 31.0 Å². The SMILES string of the molecule is O=C(Cn1cnc2ccccc21)N1CCC[C@H](Oc2cccnn2)C1. The standard InChI is InChI=1S/C18H19N5O2/c24-18(12-23-13-19-15-6-1-2-7-16(15)23)22-10-4-5-14(11-22)25-17-8-3-9-20-21-17/h1-3,6-9,13-14H,4-5,10-12H2/t14-/m0/s1. The molecule has 1 atom stereocenters. The van der Waals surface area contributed by atoms with Crippen LogP contribution in [0.5, 0.6) is 5.88 Å². The molecule has 1 amide bonds. The first-order valence-electron chi connectivity index (χ1n) is 8.41. The zero-order chi connectivity index (χ0) is 17.1. The lowest BCUT2D eigenvalue weighted by Crippen LogP contribution is -2.45. The number of amides is 1. The quantitative estimate of drug-likeness (QED) is 0.727. The molecule has 3 heterocycles. The van der Waals surface area contributed by atoms with Crippen LogP contribution in [-0.4, -0.2) is 49.7 Å². The molecule has 1 aromatic carbocycles. The third-order valence-corrected chi connectivity index (χ3v) is 4.40. The van der Waals surface area contributed by atoms with E-state index in [1.165, 1.54) is 0 Å². The van der Waals surface area contributed by atoms with Gasteiger partial charge in [-0.1, -0.05) is 12.1 Å². The van der Waals surface area contributed by atoms with Crippen molar-refractivity contribution in [3.05, 3.63) is 48.9 Å². The summed E-state index contributed by atoms with van der Waals surface area (Å²) in [5.74, 6) is 0.581. The number of rotatable bonds is 4. The molecule has 7 nitrogen and oxygen atoms in total. The van der Waals surface area contributed by atoms with Gasteiger partial charge >= 0.3 is 0 Å². The summed E-state index contributed by atoms with van der Waals surface area (Å²) in [6.07, 6.45) is 5.11. The van der Waals surface area contributed by atoms with Crippen molar-refractivity contribution in [1.29, 1.82) is 0 Å². The molecule has 0 saturated carbocycles. The molecular formula is C18H19N5O2. The molecule has 7 heteroatoms. The molecule has 1 fully saturated rings. The van der Waals surface area contributed by atoms with Crippen LogP contribution in [0.1, 0.15) is 12.8 Å². The maximum Gasteiger partial charge on any atom is 0.242 e. The molecule has 1 aliphatic heterocycles. The molecular weight excluding hydrogens is 318 g/mol. The Bertz CT molecular complexity index is 864. The third-order valence-electron chi connectivity index (χ3n) is 4.40. The van der Waals surface area contributed by atoms with E-state index in [4.69, 9.17) is 4.74 Å². The summed E-state index contributed by atoms with van der Waals surface area (Å²) >= 11 is 0. The van der Waals surface area contributed by atoms with Gasteiger partial charge in [-0.2, -0.15) is 5.10 Å². The lowest BCUT2D eigenvalue weighted by Gasteiger charge is -2.32. The van der Waals surface area contributed by atoms with Crippen LogP contribution in [0, 0.1) is 0 Å². The number of piperidine rings is 1. The summed E-state index contributed by atoms with van der Waals surface area (Å²) in [7, 11) is 0. The molecule has 2 aromatic heterocycles. The Labute approximate surface area is 145 Å². The van der Waals surface area contributed by atoms with Crippen molar-refractivity contribution < 1.29 is 9.53 Å². The molecule has 0 bridgehead atoms. The fourth-order valence-corrected chi connectivity index (χ4v) is 3.16. The smallest absolute Gasteiger partial charge is 0.242 e. The number of carbonyl (C=O) groups excluding carboxylic acids is 1. The predicted molar refractivity (Wildman–Crippen MR) is 92.0 cm³/mol. The minimum atomic E-state index is -0.0473. The Morgan fingerprint density at radius 3 is 3.04 bits per heavy atom. The Morgan fingerprint density at radius 1 is 1.24 bits per heavy atom. The van der Waals surface area contributed by atoms with Crippen LogP contribution in [0.25, 0.3) is 11.0 Å². The minimum Gasteiger partial charge on any atom is -0.471 e. The molecule has 0 spiro atoms. The number of hydrogen-bond donors (Lipinski definition) is 0. The summed E-state index contributed by atoms with van der Waals surface area (Å²) in [6, 6.07) is 11.4. The van der Waals surface area contributed by atoms with Gasteiger partial charge in [0.15, 0.2) is 0 Å². The first-order chi connectivity index (χ1) is 12.3. The van der Waals surface area contributed by atoms with Crippen molar-refractivity contribution in [2.75, 3.05) is 13.1 Å². The highest BCUT2D eigenvalue weighted by Crippen LogP contribution is 2.17. The lowest BCUT2D eigenvalue weighted by atomic mass is 10.1. The summed E-state index contributed by atoms with van der Waals surface area (Å²) in [5.41, 5.74) is 1.87. The maximum absolute atomic E-state index is 12.7. The van der Waals surface area contributed by atoms with Crippen LogP contribution in [0.2, 0.25) is 0 Å². The topological polar surface area (TPSA) is 73.1 Å². The number of ether oxygens (including phenoxy) is 1. The number of benzene rings is 1. The highest BCUT2D eigenvalue weighted by Gasteiger charge is 2.25. The van der Waals surface area contributed by atoms with Crippen LogP contribution < -0.4 is 4.74 Å². The molecule has 0 unspecified atom stereocenters. The fraction of sp³-hybridized carbons (Fsp3) is 0.333. The van der Waals surface area contributed by atoms with E-state index in [-0.39, 0.29) is 12.0 Å². The van der Waals surface area contributed by atoms with E-state index in [1.54, 1.807) is 24.7 Å². The molecule has 1 saturated heterocycles. The number of hydrogen-bond acceptors (Lipinski definition) is 5. The first-order valence-corrected chi connectivity index (χ1v) is 8.41. The van der Waals surface area contributed by atoms with Gasteiger partial charge in [0, 0.05) is 18.8 Å². The van der Waals surface area contributed by atoms with Gasteiger partial charge in [-0.3, -0.25) is 4.79 Å². The number of fused-ring (bicyclic) bond motifs is 1. The zero-order valence-electron chi connectivity index (χ0n) is 13.8. The Hall–Kier alpha value is -2.96. The highest BCUT2D eigenvalue weighted by molar-refractivity contribution is 5.80. The van der Waals surface area contributed by atoms with E-state index < -0.39 is 0 Å². The van der Waals surface area contributed by atoms with Crippen molar-refractivity contribution >= 4 is 16.9 Å². The number of imidazole rings is 1. The second-order valence-corrected chi connectivity index (χ2v) is 6.14. The lowest BCUT2D eigenvalue weighted by molar-refractivity contribution is -0.134. The number of nitrogens with zero attached hydrogens (tertiary/aromatic N) is 5. The van der Waals surface area contributed by atoms with Crippen molar-refractivity contribution in [2.24, 2.45) is 0 Å². The second-order valence-electron chi connectivity index (χ2n) is 6.14. The summed E-state index contributed by atoms with van der Waals surface area (Å²) in [6.45, 7) is 1.62. The maximum atomic E-state index is 12.7. The van der Waals surface area contributed by atoms with Gasteiger partial charge < -0.3 is 14.2 Å². The van der Waals surface area contributed by atoms with E-state index in [2.05, 4.69) is 15.2 Å². The summed E-state index contributed by atoms with van der Waals surface area (Å²) in [5, 5.41) is 7.77. The van der Waals surface area contributed by atoms with Crippen LogP contribution in [0.4, 0.5) is 0 Å². The molecule has 0 N–H and O–H groups in total. The van der Waals surface area contributed by atoms with Crippen molar-refractivity contribution in [3.8, 4) is 5.88 Å². The fourth-order valence-electron chi connectivity index (χ4n) is 3.16. The molecule has 25 heavy (non-hydrogen) atoms. The number of para-hydroxylation sites is 2. The van der Waals surface area contributed by atoms with E-state index in [1.807, 2.05) is 33.7 Å². The Balaban J connectivity index is 1.41. The van der Waals surface area contributed by atoms with E-state index >= 15 is 0 Å². The van der Waals surface area contributed by atoms with Gasteiger partial charge in [0.1, 0.15) is 12.6 Å². The molecule has 1 aliphatic rings. The van der Waals surface area contributed by atoms with E-state index in [0.29, 0.717) is 19.0 Å². The summed E-state index contributed by atoms with van der Waals surface area (Å²) < 4.78 is 7.75. The van der Waals surface area contributed by atoms with Crippen LogP contribution in [0.15, 0.2) is 48.9 Å². The number of aromatic nitrogens is 4. The van der Waals surface area contributed by atoms with Crippen LogP contribution in [0.3, 0.4) is 0 Å². The molecule has 0 aliphatic carbocycles. The largest absolute Gasteiger partial charge is 0.471 e. The zero-order valence-corrected chi connectivity index (χ0v) is 13.8. The third kappa shape index (κ3) is 3.45. The highest BCUT2D eigenvalue weighted by atomic mass is 16.5. The molecule has 3 aromatic rings. The first kappa shape index (κ1) is 15.6. The average Bonchev–Trinajstić information content (AvgIpc) is 3.06. The average molecular weight is 337 g/mol. The van der Waals surface area contributed by atoms with Crippen molar-refractivity contribution in [3.63, 3.8) is 0 Å². The predicted octanol–water partition coefficient (Wildman–Crippen LogP) is 1.90. The Morgan fingerprint density at radius 2 is 2.16 bits per heavy atom. The second kappa shape index (κ2) is 6.88. The van der Waals surface area contributed by atoms with Gasteiger partial charge in [-0.15, -0.1) is 5.10 Å². The van der Waals surface area contributed by atoms with Crippen LogP contribution in [-0.2, 0) is 11.3 Å². The van der Waals surface area contributed by atoms with Gasteiger partial charge in [-0.25, -0.2) is 4.98 Å². The summed E-state index contributed by atoms with van der Waals surface area (Å²) in [4.78, 5) is 18.9. The van der Waals surface area contributed by atoms with Crippen molar-refractivity contribution in [1.82, 2.24) is 24.6 Å². The number of likely N-dealkylation sites (tertiary alicyclic amines) is 1. The molecule has 4 rings (SSSR count). The minimum absolute atomic E-state index is 0.0473. The van der Waals surface area contributed by atoms with Gasteiger partial charge in [0.05, 0.1) is 23.9 Å². The van der Waals surface area contributed by atoms with Gasteiger partial charge in [0.2, 0.25) is 11.8 Å². The van der Waals surface area contributed by atoms with E-state index in [0.717, 1.165) is 30.4 Å². The van der Waals surface area contributed by atoms with Crippen molar-refractivity contribution in [2.45, 2.75) is 25.5 Å². The monoisotopic (exact) mass is 337 g/mol. The van der Waals surface area contributed by atoms with E-state index in [9.17, 15) is 4.79 Å². The Kier molecular flexibility index (Phi) is 4.28. The van der Waals surface area contributed by atoms with Gasteiger partial charge in [0.25, 0.3) is 0 Å². The van der Waals surface area contributed by atoms with Crippen LogP contribution >= 0.6 is 0 Å². The molecule has 128 valence electrons. The normalized spacial score (nSPS) is 17.6. The number of carbonyl (C=O) groups is 1.